The Morgan fingerprint density at radius 2 is 1.54 bits per heavy atom. The minimum absolute atomic E-state index is 0.00434. The Bertz CT molecular complexity index is 1120. The fraction of sp³-hybridized carbons (Fsp3) is 0. The van der Waals surface area contributed by atoms with Crippen LogP contribution in [0.4, 0.5) is 20.2 Å². The maximum Gasteiger partial charge on any atom is 0.261 e. The lowest BCUT2D eigenvalue weighted by atomic mass is 10.2. The molecule has 28 heavy (non-hydrogen) atoms. The molecule has 0 aliphatic rings. The summed E-state index contributed by atoms with van der Waals surface area (Å²) in [6.45, 7) is 0. The first-order valence-corrected chi connectivity index (χ1v) is 9.77. The van der Waals surface area contributed by atoms with Gasteiger partial charge in [-0.05, 0) is 42.5 Å². The first kappa shape index (κ1) is 19.8. The highest BCUT2D eigenvalue weighted by Crippen LogP contribution is 2.27. The first-order valence-electron chi connectivity index (χ1n) is 7.91. The minimum atomic E-state index is -3.86. The third-order valence-corrected chi connectivity index (χ3v) is 5.42. The molecule has 0 fully saturated rings. The van der Waals surface area contributed by atoms with Crippen molar-refractivity contribution in [3.8, 4) is 0 Å². The van der Waals surface area contributed by atoms with Gasteiger partial charge in [0.05, 0.1) is 15.6 Å². The molecule has 0 aromatic heterocycles. The lowest BCUT2D eigenvalue weighted by Crippen LogP contribution is -2.16. The van der Waals surface area contributed by atoms with Crippen LogP contribution < -0.4 is 10.0 Å². The van der Waals surface area contributed by atoms with E-state index < -0.39 is 33.3 Å². The van der Waals surface area contributed by atoms with E-state index in [9.17, 15) is 22.0 Å². The second-order valence-electron chi connectivity index (χ2n) is 5.66. The lowest BCUT2D eigenvalue weighted by Gasteiger charge is -2.11. The van der Waals surface area contributed by atoms with Crippen LogP contribution in [0.15, 0.2) is 71.6 Å². The van der Waals surface area contributed by atoms with E-state index in [1.165, 1.54) is 36.4 Å². The number of carbonyl (C=O) groups is 1. The molecule has 0 bridgehead atoms. The van der Waals surface area contributed by atoms with Crippen molar-refractivity contribution in [1.82, 2.24) is 0 Å². The third-order valence-electron chi connectivity index (χ3n) is 3.73. The molecule has 2 N–H and O–H groups in total. The van der Waals surface area contributed by atoms with Gasteiger partial charge < -0.3 is 5.32 Å². The summed E-state index contributed by atoms with van der Waals surface area (Å²) >= 11 is 6.08. The molecule has 0 atom stereocenters. The van der Waals surface area contributed by atoms with Crippen molar-refractivity contribution in [3.63, 3.8) is 0 Å². The molecule has 144 valence electrons. The average Bonchev–Trinajstić information content (AvgIpc) is 2.67. The molecule has 0 unspecified atom stereocenters. The molecule has 9 heteroatoms. The number of rotatable bonds is 5. The Kier molecular flexibility index (Phi) is 5.62. The summed E-state index contributed by atoms with van der Waals surface area (Å²) in [4.78, 5) is 12.3. The van der Waals surface area contributed by atoms with Crippen LogP contribution in [0, 0.1) is 11.6 Å². The fourth-order valence-corrected chi connectivity index (χ4v) is 3.73. The predicted octanol–water partition coefficient (Wildman–Crippen LogP) is 4.67. The third kappa shape index (κ3) is 4.29. The Morgan fingerprint density at radius 1 is 0.893 bits per heavy atom. The highest BCUT2D eigenvalue weighted by molar-refractivity contribution is 7.92. The highest BCUT2D eigenvalue weighted by atomic mass is 35.5. The van der Waals surface area contributed by atoms with Crippen LogP contribution in [-0.2, 0) is 10.0 Å². The molecule has 0 heterocycles. The van der Waals surface area contributed by atoms with Crippen molar-refractivity contribution in [2.24, 2.45) is 0 Å². The SMILES string of the molecule is O=C(Nc1c(F)cccc1F)c1ccc(NS(=O)(=O)c2ccccc2)c(Cl)c1. The van der Waals surface area contributed by atoms with Crippen molar-refractivity contribution < 1.29 is 22.0 Å². The maximum absolute atomic E-state index is 13.7. The summed E-state index contributed by atoms with van der Waals surface area (Å²) in [5.41, 5.74) is -0.535. The summed E-state index contributed by atoms with van der Waals surface area (Å²) in [6, 6.07) is 14.6. The van der Waals surface area contributed by atoms with Crippen LogP contribution >= 0.6 is 11.6 Å². The zero-order valence-corrected chi connectivity index (χ0v) is 15.7. The molecule has 0 saturated heterocycles. The van der Waals surface area contributed by atoms with E-state index >= 15 is 0 Å². The van der Waals surface area contributed by atoms with Gasteiger partial charge in [0.15, 0.2) is 0 Å². The van der Waals surface area contributed by atoms with Crippen LogP contribution in [0.1, 0.15) is 10.4 Å². The Labute approximate surface area is 165 Å². The Balaban J connectivity index is 1.82. The smallest absolute Gasteiger partial charge is 0.261 e. The molecular formula is C19H13ClF2N2O3S. The number of hydrogen-bond acceptors (Lipinski definition) is 3. The molecule has 0 spiro atoms. The van der Waals surface area contributed by atoms with Gasteiger partial charge in [-0.2, -0.15) is 0 Å². The molecule has 3 aromatic rings. The second kappa shape index (κ2) is 7.95. The quantitative estimate of drug-likeness (QED) is 0.627. The van der Waals surface area contributed by atoms with Gasteiger partial charge in [-0.1, -0.05) is 35.9 Å². The zero-order chi connectivity index (χ0) is 20.3. The van der Waals surface area contributed by atoms with Crippen molar-refractivity contribution in [3.05, 3.63) is 89.0 Å². The summed E-state index contributed by atoms with van der Waals surface area (Å²) < 4.78 is 54.4. The Morgan fingerprint density at radius 3 is 2.14 bits per heavy atom. The monoisotopic (exact) mass is 422 g/mol. The van der Waals surface area contributed by atoms with Crippen LogP contribution in [0.5, 0.6) is 0 Å². The summed E-state index contributed by atoms with van der Waals surface area (Å²) in [5, 5.41) is 2.07. The van der Waals surface area contributed by atoms with Crippen LogP contribution in [0.3, 0.4) is 0 Å². The number of benzene rings is 3. The van der Waals surface area contributed by atoms with E-state index in [1.54, 1.807) is 18.2 Å². The van der Waals surface area contributed by atoms with Gasteiger partial charge in [-0.3, -0.25) is 9.52 Å². The molecule has 3 aromatic carbocycles. The summed E-state index contributed by atoms with van der Waals surface area (Å²) in [5.74, 6) is -2.65. The van der Waals surface area contributed by atoms with Crippen LogP contribution in [-0.4, -0.2) is 14.3 Å². The largest absolute Gasteiger partial charge is 0.317 e. The number of sulfonamides is 1. The van der Waals surface area contributed by atoms with E-state index in [-0.39, 0.29) is 21.2 Å². The minimum Gasteiger partial charge on any atom is -0.317 e. The average molecular weight is 423 g/mol. The van der Waals surface area contributed by atoms with Crippen molar-refractivity contribution in [1.29, 1.82) is 0 Å². The number of carbonyl (C=O) groups excluding carboxylic acids is 1. The van der Waals surface area contributed by atoms with E-state index in [2.05, 4.69) is 10.0 Å². The van der Waals surface area contributed by atoms with E-state index in [1.807, 2.05) is 0 Å². The van der Waals surface area contributed by atoms with Gasteiger partial charge in [0.25, 0.3) is 15.9 Å². The van der Waals surface area contributed by atoms with E-state index in [0.717, 1.165) is 12.1 Å². The predicted molar refractivity (Wildman–Crippen MR) is 103 cm³/mol. The number of halogens is 3. The van der Waals surface area contributed by atoms with E-state index in [4.69, 9.17) is 11.6 Å². The van der Waals surface area contributed by atoms with Gasteiger partial charge in [-0.15, -0.1) is 0 Å². The normalized spacial score (nSPS) is 11.1. The van der Waals surface area contributed by atoms with Gasteiger partial charge in [-0.25, -0.2) is 17.2 Å². The number of anilines is 2. The Hall–Kier alpha value is -2.97. The van der Waals surface area contributed by atoms with Gasteiger partial charge in [0.1, 0.15) is 17.3 Å². The summed E-state index contributed by atoms with van der Waals surface area (Å²) in [7, 11) is -3.86. The lowest BCUT2D eigenvalue weighted by molar-refractivity contribution is 0.102. The molecule has 3 rings (SSSR count). The first-order chi connectivity index (χ1) is 13.3. The highest BCUT2D eigenvalue weighted by Gasteiger charge is 2.18. The molecule has 1 amide bonds. The van der Waals surface area contributed by atoms with Crippen LogP contribution in [0.25, 0.3) is 0 Å². The summed E-state index contributed by atoms with van der Waals surface area (Å²) in [6.07, 6.45) is 0. The van der Waals surface area contributed by atoms with Crippen LogP contribution in [0.2, 0.25) is 5.02 Å². The molecule has 0 radical (unpaired) electrons. The topological polar surface area (TPSA) is 75.3 Å². The second-order valence-corrected chi connectivity index (χ2v) is 7.75. The number of nitrogens with one attached hydrogen (secondary N) is 2. The van der Waals surface area contributed by atoms with Gasteiger partial charge in [0, 0.05) is 5.56 Å². The number of hydrogen-bond donors (Lipinski definition) is 2. The zero-order valence-electron chi connectivity index (χ0n) is 14.1. The maximum atomic E-state index is 13.7. The standard InChI is InChI=1S/C19H13ClF2N2O3S/c20-14-11-12(19(25)23-18-15(21)7-4-8-16(18)22)9-10-17(14)24-28(26,27)13-5-2-1-3-6-13/h1-11,24H,(H,23,25). The molecule has 0 saturated carbocycles. The number of amides is 1. The molecule has 0 aliphatic carbocycles. The van der Waals surface area contributed by atoms with Crippen molar-refractivity contribution in [2.45, 2.75) is 4.90 Å². The molecular weight excluding hydrogens is 410 g/mol. The van der Waals surface area contributed by atoms with Crippen molar-refractivity contribution >= 4 is 38.9 Å². The van der Waals surface area contributed by atoms with E-state index in [0.29, 0.717) is 0 Å². The van der Waals surface area contributed by atoms with Gasteiger partial charge >= 0.3 is 0 Å². The molecule has 5 nitrogen and oxygen atoms in total. The van der Waals surface area contributed by atoms with Gasteiger partial charge in [0.2, 0.25) is 0 Å². The fourth-order valence-electron chi connectivity index (χ4n) is 2.35. The molecule has 0 aliphatic heterocycles. The number of para-hydroxylation sites is 1. The van der Waals surface area contributed by atoms with Crippen molar-refractivity contribution in [2.75, 3.05) is 10.0 Å².